The van der Waals surface area contributed by atoms with Crippen molar-refractivity contribution < 1.29 is 4.92 Å². The maximum absolute atomic E-state index is 11.0. The average molecular weight is 283 g/mol. The Morgan fingerprint density at radius 2 is 2.10 bits per heavy atom. The van der Waals surface area contributed by atoms with Crippen molar-refractivity contribution in [2.24, 2.45) is 0 Å². The van der Waals surface area contributed by atoms with Gasteiger partial charge >= 0.3 is 0 Å². The molecule has 0 aliphatic heterocycles. The molecule has 108 valence electrons. The number of hydrogen-bond donors (Lipinski definition) is 2. The minimum absolute atomic E-state index is 0.167. The summed E-state index contributed by atoms with van der Waals surface area (Å²) in [5.41, 5.74) is 9.99. The zero-order valence-electron chi connectivity index (χ0n) is 11.6. The van der Waals surface area contributed by atoms with Gasteiger partial charge in [-0.3, -0.25) is 10.1 Å². The average Bonchev–Trinajstić information content (AvgIpc) is 2.87. The molecule has 21 heavy (non-hydrogen) atoms. The van der Waals surface area contributed by atoms with Gasteiger partial charge in [-0.1, -0.05) is 24.3 Å². The van der Waals surface area contributed by atoms with Gasteiger partial charge in [0, 0.05) is 29.9 Å². The number of nitrogens with one attached hydrogen (secondary N) is 1. The highest BCUT2D eigenvalue weighted by molar-refractivity contribution is 5.48. The summed E-state index contributed by atoms with van der Waals surface area (Å²) in [6, 6.07) is 13.1. The van der Waals surface area contributed by atoms with Crippen LogP contribution in [0.1, 0.15) is 29.2 Å². The van der Waals surface area contributed by atoms with E-state index in [1.165, 1.54) is 11.1 Å². The first-order valence-electron chi connectivity index (χ1n) is 6.99. The highest BCUT2D eigenvalue weighted by Gasteiger charge is 2.23. The standard InChI is InChI=1S/C16H17N3O2/c17-13-6-7-14-11(9-13)5-8-15(14)18-10-12-3-1-2-4-16(12)19(20)21/h1-4,6-7,9,15,18H,5,8,10,17H2. The molecule has 1 atom stereocenters. The second kappa shape index (κ2) is 5.54. The molecule has 2 aromatic carbocycles. The molecule has 0 fully saturated rings. The smallest absolute Gasteiger partial charge is 0.273 e. The van der Waals surface area contributed by atoms with E-state index in [4.69, 9.17) is 5.73 Å². The Labute approximate surface area is 122 Å². The lowest BCUT2D eigenvalue weighted by atomic mass is 10.1. The molecule has 0 saturated carbocycles. The van der Waals surface area contributed by atoms with Crippen LogP contribution in [-0.4, -0.2) is 4.92 Å². The van der Waals surface area contributed by atoms with Gasteiger partial charge in [0.05, 0.1) is 4.92 Å². The van der Waals surface area contributed by atoms with Crippen LogP contribution in [0.15, 0.2) is 42.5 Å². The van der Waals surface area contributed by atoms with Crippen molar-refractivity contribution in [1.29, 1.82) is 0 Å². The van der Waals surface area contributed by atoms with Crippen LogP contribution in [0.5, 0.6) is 0 Å². The lowest BCUT2D eigenvalue weighted by Crippen LogP contribution is -2.19. The zero-order chi connectivity index (χ0) is 14.8. The second-order valence-electron chi connectivity index (χ2n) is 5.32. The van der Waals surface area contributed by atoms with Gasteiger partial charge in [0.1, 0.15) is 0 Å². The molecule has 0 heterocycles. The molecule has 0 amide bonds. The number of rotatable bonds is 4. The first-order chi connectivity index (χ1) is 10.1. The van der Waals surface area contributed by atoms with E-state index in [2.05, 4.69) is 11.4 Å². The lowest BCUT2D eigenvalue weighted by molar-refractivity contribution is -0.385. The molecule has 1 aliphatic rings. The summed E-state index contributed by atoms with van der Waals surface area (Å²) in [7, 11) is 0. The number of nitro benzene ring substituents is 1. The molecule has 2 aromatic rings. The van der Waals surface area contributed by atoms with Crippen molar-refractivity contribution in [1.82, 2.24) is 5.32 Å². The Kier molecular flexibility index (Phi) is 3.58. The molecule has 1 unspecified atom stereocenters. The molecule has 0 radical (unpaired) electrons. The number of aryl methyl sites for hydroxylation is 1. The third kappa shape index (κ3) is 2.73. The molecular weight excluding hydrogens is 266 g/mol. The second-order valence-corrected chi connectivity index (χ2v) is 5.32. The van der Waals surface area contributed by atoms with Gasteiger partial charge in [-0.15, -0.1) is 0 Å². The van der Waals surface area contributed by atoms with E-state index in [1.807, 2.05) is 18.2 Å². The number of nitro groups is 1. The monoisotopic (exact) mass is 283 g/mol. The SMILES string of the molecule is Nc1ccc2c(c1)CCC2NCc1ccccc1[N+](=O)[O-]. The van der Waals surface area contributed by atoms with Gasteiger partial charge in [-0.25, -0.2) is 0 Å². The van der Waals surface area contributed by atoms with Crippen molar-refractivity contribution in [3.63, 3.8) is 0 Å². The van der Waals surface area contributed by atoms with Crippen molar-refractivity contribution in [3.05, 3.63) is 69.3 Å². The summed E-state index contributed by atoms with van der Waals surface area (Å²) in [6.45, 7) is 0.492. The third-order valence-electron chi connectivity index (χ3n) is 3.97. The highest BCUT2D eigenvalue weighted by atomic mass is 16.6. The van der Waals surface area contributed by atoms with Crippen molar-refractivity contribution in [3.8, 4) is 0 Å². The van der Waals surface area contributed by atoms with Crippen LogP contribution in [0.3, 0.4) is 0 Å². The van der Waals surface area contributed by atoms with Gasteiger partial charge in [0.25, 0.3) is 5.69 Å². The van der Waals surface area contributed by atoms with Crippen LogP contribution in [0.25, 0.3) is 0 Å². The van der Waals surface area contributed by atoms with E-state index in [0.29, 0.717) is 12.1 Å². The van der Waals surface area contributed by atoms with E-state index in [9.17, 15) is 10.1 Å². The van der Waals surface area contributed by atoms with Crippen LogP contribution in [-0.2, 0) is 13.0 Å². The van der Waals surface area contributed by atoms with Gasteiger partial charge in [0.15, 0.2) is 0 Å². The summed E-state index contributed by atoms with van der Waals surface area (Å²) in [4.78, 5) is 10.7. The number of benzene rings is 2. The van der Waals surface area contributed by atoms with E-state index in [0.717, 1.165) is 18.5 Å². The molecule has 0 saturated heterocycles. The topological polar surface area (TPSA) is 81.2 Å². The van der Waals surface area contributed by atoms with Gasteiger partial charge < -0.3 is 11.1 Å². The zero-order valence-corrected chi connectivity index (χ0v) is 11.6. The van der Waals surface area contributed by atoms with Gasteiger partial charge in [-0.05, 0) is 36.1 Å². The normalized spacial score (nSPS) is 16.7. The van der Waals surface area contributed by atoms with Crippen LogP contribution in [0, 0.1) is 10.1 Å². The fourth-order valence-corrected chi connectivity index (χ4v) is 2.92. The number of nitrogens with two attached hydrogens (primary N) is 1. The predicted molar refractivity (Wildman–Crippen MR) is 81.9 cm³/mol. The minimum Gasteiger partial charge on any atom is -0.399 e. The first kappa shape index (κ1) is 13.6. The van der Waals surface area contributed by atoms with Gasteiger partial charge in [-0.2, -0.15) is 0 Å². The van der Waals surface area contributed by atoms with E-state index in [-0.39, 0.29) is 16.7 Å². The molecule has 0 bridgehead atoms. The van der Waals surface area contributed by atoms with Crippen molar-refractivity contribution in [2.45, 2.75) is 25.4 Å². The number of nitrogen functional groups attached to an aromatic ring is 1. The number of para-hydroxylation sites is 1. The third-order valence-corrected chi connectivity index (χ3v) is 3.97. The molecule has 0 spiro atoms. The van der Waals surface area contributed by atoms with Crippen LogP contribution < -0.4 is 11.1 Å². The van der Waals surface area contributed by atoms with E-state index >= 15 is 0 Å². The number of hydrogen-bond acceptors (Lipinski definition) is 4. The largest absolute Gasteiger partial charge is 0.399 e. The summed E-state index contributed by atoms with van der Waals surface area (Å²) in [6.07, 6.45) is 1.99. The minimum atomic E-state index is -0.333. The molecule has 3 rings (SSSR count). The number of nitrogens with zero attached hydrogens (tertiary/aromatic N) is 1. The molecule has 5 heteroatoms. The van der Waals surface area contributed by atoms with Crippen LogP contribution in [0.4, 0.5) is 11.4 Å². The Balaban J connectivity index is 1.75. The fourth-order valence-electron chi connectivity index (χ4n) is 2.92. The fraction of sp³-hybridized carbons (Fsp3) is 0.250. The summed E-state index contributed by atoms with van der Waals surface area (Å²) in [5, 5.41) is 14.4. The Bertz CT molecular complexity index is 685. The maximum Gasteiger partial charge on any atom is 0.273 e. The maximum atomic E-state index is 11.0. The van der Waals surface area contributed by atoms with E-state index in [1.54, 1.807) is 18.2 Å². The predicted octanol–water partition coefficient (Wildman–Crippen LogP) is 2.95. The Hall–Kier alpha value is -2.40. The summed E-state index contributed by atoms with van der Waals surface area (Å²) >= 11 is 0. The lowest BCUT2D eigenvalue weighted by Gasteiger charge is -2.14. The van der Waals surface area contributed by atoms with Crippen molar-refractivity contribution >= 4 is 11.4 Å². The summed E-state index contributed by atoms with van der Waals surface area (Å²) < 4.78 is 0. The van der Waals surface area contributed by atoms with Crippen LogP contribution >= 0.6 is 0 Å². The quantitative estimate of drug-likeness (QED) is 0.513. The van der Waals surface area contributed by atoms with E-state index < -0.39 is 0 Å². The molecular formula is C16H17N3O2. The summed E-state index contributed by atoms with van der Waals surface area (Å²) in [5.74, 6) is 0. The van der Waals surface area contributed by atoms with Crippen molar-refractivity contribution in [2.75, 3.05) is 5.73 Å². The first-order valence-corrected chi connectivity index (χ1v) is 6.99. The highest BCUT2D eigenvalue weighted by Crippen LogP contribution is 2.32. The Morgan fingerprint density at radius 1 is 1.29 bits per heavy atom. The van der Waals surface area contributed by atoms with Gasteiger partial charge in [0.2, 0.25) is 0 Å². The number of anilines is 1. The Morgan fingerprint density at radius 3 is 2.90 bits per heavy atom. The number of fused-ring (bicyclic) bond motifs is 1. The molecule has 0 aromatic heterocycles. The molecule has 5 nitrogen and oxygen atoms in total. The van der Waals surface area contributed by atoms with Crippen LogP contribution in [0.2, 0.25) is 0 Å². The molecule has 1 aliphatic carbocycles. The molecule has 3 N–H and O–H groups in total.